The number of rotatable bonds is 5. The van der Waals surface area contributed by atoms with E-state index in [1.54, 1.807) is 0 Å². The monoisotopic (exact) mass is 356 g/mol. The summed E-state index contributed by atoms with van der Waals surface area (Å²) in [6.45, 7) is 2.15. The number of likely N-dealkylation sites (tertiary alicyclic amines) is 2. The number of primary amides is 1. The number of nitrogens with two attached hydrogens (primary N) is 1. The van der Waals surface area contributed by atoms with Crippen molar-refractivity contribution in [2.24, 2.45) is 11.7 Å². The molecule has 0 aromatic heterocycles. The van der Waals surface area contributed by atoms with Crippen molar-refractivity contribution in [2.75, 3.05) is 19.6 Å². The molecule has 0 spiro atoms. The number of nitrogens with zero attached hydrogens (tertiary/aromatic N) is 2. The molecule has 10 heteroatoms. The van der Waals surface area contributed by atoms with E-state index in [-0.39, 0.29) is 12.5 Å². The third kappa shape index (κ3) is 4.19. The zero-order valence-electron chi connectivity index (χ0n) is 14.1. The molecule has 4 amide bonds. The Labute approximate surface area is 144 Å². The molecule has 0 unspecified atom stereocenters. The average molecular weight is 356 g/mol. The molecule has 10 nitrogen and oxygen atoms in total. The maximum absolute atomic E-state index is 12.7. The molecule has 5 N–H and O–H groups in total. The van der Waals surface area contributed by atoms with Gasteiger partial charge >= 0.3 is 6.09 Å². The van der Waals surface area contributed by atoms with Gasteiger partial charge in [-0.2, -0.15) is 0 Å². The van der Waals surface area contributed by atoms with Gasteiger partial charge in [-0.25, -0.2) is 4.79 Å². The smallest absolute Gasteiger partial charge is 0.407 e. The molecule has 25 heavy (non-hydrogen) atoms. The molecule has 2 fully saturated rings. The number of nitrogens with one attached hydrogen (secondary N) is 1. The summed E-state index contributed by atoms with van der Waals surface area (Å²) in [5.74, 6) is -2.11. The van der Waals surface area contributed by atoms with Crippen LogP contribution in [-0.4, -0.2) is 81.6 Å². The Hall–Kier alpha value is -2.36. The van der Waals surface area contributed by atoms with Crippen molar-refractivity contribution in [2.45, 2.75) is 44.4 Å². The molecule has 4 atom stereocenters. The van der Waals surface area contributed by atoms with Gasteiger partial charge in [0.1, 0.15) is 12.1 Å². The van der Waals surface area contributed by atoms with E-state index in [0.717, 1.165) is 0 Å². The molecule has 0 aliphatic carbocycles. The third-order valence-electron chi connectivity index (χ3n) is 4.73. The van der Waals surface area contributed by atoms with E-state index in [9.17, 15) is 24.3 Å². The van der Waals surface area contributed by atoms with E-state index < -0.39 is 42.0 Å². The van der Waals surface area contributed by atoms with E-state index in [2.05, 4.69) is 5.32 Å². The number of carbonyl (C=O) groups excluding carboxylic acids is 3. The molecule has 0 aromatic carbocycles. The van der Waals surface area contributed by atoms with Crippen molar-refractivity contribution in [1.82, 2.24) is 15.1 Å². The standard InChI is InChI=1S/C15H24N4O6/c1-8(20)11(12(16)21)17-13(22)10-3-2-5-19(10)14(23)9-4-6-18(7-9)15(24)25/h8-11,20H,2-7H2,1H3,(H2,16,21)(H,17,22)(H,24,25)/t8-,9-,10-,11+/m1/s1. The van der Waals surface area contributed by atoms with Crippen LogP contribution in [0.4, 0.5) is 4.79 Å². The van der Waals surface area contributed by atoms with Crippen LogP contribution in [0.2, 0.25) is 0 Å². The minimum atomic E-state index is -1.22. The van der Waals surface area contributed by atoms with Crippen molar-refractivity contribution >= 4 is 23.8 Å². The van der Waals surface area contributed by atoms with Gasteiger partial charge in [-0.1, -0.05) is 0 Å². The first-order valence-corrected chi connectivity index (χ1v) is 8.28. The second kappa shape index (κ2) is 7.68. The van der Waals surface area contributed by atoms with Crippen LogP contribution in [0.5, 0.6) is 0 Å². The molecule has 2 saturated heterocycles. The van der Waals surface area contributed by atoms with Crippen LogP contribution in [0.25, 0.3) is 0 Å². The molecule has 2 aliphatic heterocycles. The lowest BCUT2D eigenvalue weighted by Crippen LogP contribution is -2.56. The third-order valence-corrected chi connectivity index (χ3v) is 4.73. The molecule has 2 aliphatic rings. The van der Waals surface area contributed by atoms with Crippen molar-refractivity contribution in [3.8, 4) is 0 Å². The number of aliphatic hydroxyl groups is 1. The van der Waals surface area contributed by atoms with E-state index in [1.165, 1.54) is 16.7 Å². The highest BCUT2D eigenvalue weighted by molar-refractivity contribution is 5.92. The maximum Gasteiger partial charge on any atom is 0.407 e. The molecule has 0 aromatic rings. The first kappa shape index (κ1) is 19.0. The Kier molecular flexibility index (Phi) is 5.83. The highest BCUT2D eigenvalue weighted by Gasteiger charge is 2.41. The second-order valence-electron chi connectivity index (χ2n) is 6.53. The molecule has 2 rings (SSSR count). The van der Waals surface area contributed by atoms with Gasteiger partial charge < -0.3 is 31.1 Å². The fourth-order valence-corrected chi connectivity index (χ4v) is 3.35. The van der Waals surface area contributed by atoms with Crippen molar-refractivity contribution < 1.29 is 29.4 Å². The largest absolute Gasteiger partial charge is 0.465 e. The summed E-state index contributed by atoms with van der Waals surface area (Å²) in [7, 11) is 0. The quantitative estimate of drug-likeness (QED) is 0.462. The number of carboxylic acid groups (broad SMARTS) is 1. The van der Waals surface area contributed by atoms with Crippen LogP contribution in [-0.2, 0) is 14.4 Å². The molecule has 2 heterocycles. The Balaban J connectivity index is 2.02. The predicted molar refractivity (Wildman–Crippen MR) is 85.2 cm³/mol. The van der Waals surface area contributed by atoms with E-state index in [4.69, 9.17) is 10.8 Å². The van der Waals surface area contributed by atoms with Gasteiger partial charge in [0.25, 0.3) is 0 Å². The highest BCUT2D eigenvalue weighted by Crippen LogP contribution is 2.25. The lowest BCUT2D eigenvalue weighted by molar-refractivity contribution is -0.142. The first-order valence-electron chi connectivity index (χ1n) is 8.28. The topological polar surface area (TPSA) is 153 Å². The molecular formula is C15H24N4O6. The second-order valence-corrected chi connectivity index (χ2v) is 6.53. The van der Waals surface area contributed by atoms with Gasteiger partial charge in [0.05, 0.1) is 12.0 Å². The van der Waals surface area contributed by atoms with Gasteiger partial charge in [0.15, 0.2) is 0 Å². The van der Waals surface area contributed by atoms with Crippen LogP contribution in [0.1, 0.15) is 26.2 Å². The Morgan fingerprint density at radius 1 is 1.20 bits per heavy atom. The normalized spacial score (nSPS) is 25.5. The van der Waals surface area contributed by atoms with E-state index in [1.807, 2.05) is 0 Å². The first-order chi connectivity index (χ1) is 11.7. The van der Waals surface area contributed by atoms with E-state index >= 15 is 0 Å². The predicted octanol–water partition coefficient (Wildman–Crippen LogP) is -1.67. The van der Waals surface area contributed by atoms with Crippen LogP contribution >= 0.6 is 0 Å². The molecule has 140 valence electrons. The average Bonchev–Trinajstić information content (AvgIpc) is 3.19. The van der Waals surface area contributed by atoms with Crippen LogP contribution in [0.15, 0.2) is 0 Å². The molecular weight excluding hydrogens is 332 g/mol. The van der Waals surface area contributed by atoms with Crippen molar-refractivity contribution in [3.63, 3.8) is 0 Å². The Bertz CT molecular complexity index is 566. The Morgan fingerprint density at radius 3 is 2.40 bits per heavy atom. The zero-order chi connectivity index (χ0) is 18.7. The minimum Gasteiger partial charge on any atom is -0.465 e. The number of hydrogen-bond acceptors (Lipinski definition) is 5. The van der Waals surface area contributed by atoms with Gasteiger partial charge in [0.2, 0.25) is 17.7 Å². The van der Waals surface area contributed by atoms with Crippen molar-refractivity contribution in [1.29, 1.82) is 0 Å². The van der Waals surface area contributed by atoms with Crippen LogP contribution in [0.3, 0.4) is 0 Å². The maximum atomic E-state index is 12.7. The fraction of sp³-hybridized carbons (Fsp3) is 0.733. The molecule has 0 bridgehead atoms. The van der Waals surface area contributed by atoms with E-state index in [0.29, 0.717) is 32.4 Å². The fourth-order valence-electron chi connectivity index (χ4n) is 3.35. The zero-order valence-corrected chi connectivity index (χ0v) is 14.1. The van der Waals surface area contributed by atoms with Crippen LogP contribution < -0.4 is 11.1 Å². The summed E-state index contributed by atoms with van der Waals surface area (Å²) in [4.78, 5) is 50.0. The number of hydrogen-bond donors (Lipinski definition) is 4. The summed E-state index contributed by atoms with van der Waals surface area (Å²) in [6.07, 6.45) is -0.709. The van der Waals surface area contributed by atoms with Crippen molar-refractivity contribution in [3.05, 3.63) is 0 Å². The highest BCUT2D eigenvalue weighted by atomic mass is 16.4. The minimum absolute atomic E-state index is 0.122. The summed E-state index contributed by atoms with van der Waals surface area (Å²) < 4.78 is 0. The summed E-state index contributed by atoms with van der Waals surface area (Å²) >= 11 is 0. The molecule has 0 saturated carbocycles. The number of amides is 4. The number of aliphatic hydroxyl groups excluding tert-OH is 1. The Morgan fingerprint density at radius 2 is 1.88 bits per heavy atom. The van der Waals surface area contributed by atoms with Gasteiger partial charge in [0, 0.05) is 19.6 Å². The number of carbonyl (C=O) groups is 4. The lowest BCUT2D eigenvalue weighted by Gasteiger charge is -2.28. The SMILES string of the molecule is C[C@@H](O)[C@H](NC(=O)[C@H]1CCCN1C(=O)[C@@H]1CCN(C(=O)O)C1)C(N)=O. The van der Waals surface area contributed by atoms with Gasteiger partial charge in [-0.15, -0.1) is 0 Å². The summed E-state index contributed by atoms with van der Waals surface area (Å²) in [6, 6.07) is -1.97. The van der Waals surface area contributed by atoms with Gasteiger partial charge in [-0.05, 0) is 26.2 Å². The lowest BCUT2D eigenvalue weighted by atomic mass is 10.1. The summed E-state index contributed by atoms with van der Waals surface area (Å²) in [5.41, 5.74) is 5.17. The van der Waals surface area contributed by atoms with Gasteiger partial charge in [-0.3, -0.25) is 14.4 Å². The van der Waals surface area contributed by atoms with Crippen LogP contribution in [0, 0.1) is 5.92 Å². The summed E-state index contributed by atoms with van der Waals surface area (Å²) in [5, 5.41) is 20.9. The molecule has 0 radical (unpaired) electrons.